The fourth-order valence-electron chi connectivity index (χ4n) is 2.33. The molecular formula is C16H21BrN2O4. The summed E-state index contributed by atoms with van der Waals surface area (Å²) < 4.78 is 5.37. The molecule has 0 aliphatic carbocycles. The summed E-state index contributed by atoms with van der Waals surface area (Å²) in [5.74, 6) is -1.15. The van der Waals surface area contributed by atoms with Crippen molar-refractivity contribution in [2.24, 2.45) is 0 Å². The minimum atomic E-state index is -0.991. The van der Waals surface area contributed by atoms with Crippen LogP contribution in [-0.2, 0) is 9.53 Å². The Hall–Kier alpha value is -1.60. The van der Waals surface area contributed by atoms with E-state index < -0.39 is 5.97 Å². The molecule has 1 aromatic carbocycles. The predicted molar refractivity (Wildman–Crippen MR) is 92.6 cm³/mol. The van der Waals surface area contributed by atoms with Crippen LogP contribution in [0.2, 0.25) is 0 Å². The second-order valence-corrected chi connectivity index (χ2v) is 6.60. The number of rotatable bonds is 7. The number of ether oxygens (including phenoxy) is 1. The van der Waals surface area contributed by atoms with Crippen LogP contribution in [0.3, 0.4) is 0 Å². The first-order chi connectivity index (χ1) is 10.9. The van der Waals surface area contributed by atoms with E-state index in [1.807, 2.05) is 6.92 Å². The van der Waals surface area contributed by atoms with Gasteiger partial charge in [0, 0.05) is 13.2 Å². The van der Waals surface area contributed by atoms with Crippen molar-refractivity contribution < 1.29 is 19.4 Å². The molecule has 1 aromatic rings. The third-order valence-corrected chi connectivity index (χ3v) is 4.96. The molecule has 0 saturated carbocycles. The van der Waals surface area contributed by atoms with E-state index >= 15 is 0 Å². The maximum Gasteiger partial charge on any atom is 0.336 e. The number of halogens is 1. The Morgan fingerprint density at radius 1 is 1.48 bits per heavy atom. The van der Waals surface area contributed by atoms with Crippen molar-refractivity contribution in [1.29, 1.82) is 0 Å². The van der Waals surface area contributed by atoms with Crippen LogP contribution in [-0.4, -0.2) is 41.1 Å². The van der Waals surface area contributed by atoms with E-state index in [0.29, 0.717) is 29.9 Å². The number of alkyl halides is 1. The van der Waals surface area contributed by atoms with Gasteiger partial charge in [0.05, 0.1) is 27.9 Å². The topological polar surface area (TPSA) is 87.7 Å². The highest BCUT2D eigenvalue weighted by Gasteiger charge is 2.21. The van der Waals surface area contributed by atoms with Gasteiger partial charge in [-0.2, -0.15) is 0 Å². The Kier molecular flexibility index (Phi) is 6.01. The summed E-state index contributed by atoms with van der Waals surface area (Å²) in [5, 5.41) is 15.3. The summed E-state index contributed by atoms with van der Waals surface area (Å²) in [7, 11) is 0. The van der Waals surface area contributed by atoms with E-state index in [0.717, 1.165) is 13.0 Å². The summed E-state index contributed by atoms with van der Waals surface area (Å²) in [6.45, 7) is 4.98. The highest BCUT2D eigenvalue weighted by molar-refractivity contribution is 9.10. The number of carboxylic acids is 1. The molecule has 2 rings (SSSR count). The molecule has 0 aromatic heterocycles. The van der Waals surface area contributed by atoms with Gasteiger partial charge < -0.3 is 20.5 Å². The largest absolute Gasteiger partial charge is 0.478 e. The number of carbonyl (C=O) groups is 2. The number of amides is 1. The highest BCUT2D eigenvalue weighted by Crippen LogP contribution is 2.30. The molecule has 1 fully saturated rings. The standard InChI is InChI=1S/C16H21BrN2O4/c1-3-12(17)15(20)19-13-5-4-11(16(21)22)9(2)14(13)18-8-10-6-7-23-10/h4-5,10,12,18H,3,6-8H2,1-2H3,(H,19,20)(H,21,22). The summed E-state index contributed by atoms with van der Waals surface area (Å²) in [6.07, 6.45) is 1.77. The van der Waals surface area contributed by atoms with Gasteiger partial charge in [-0.25, -0.2) is 4.79 Å². The van der Waals surface area contributed by atoms with Crippen molar-refractivity contribution in [2.75, 3.05) is 23.8 Å². The number of anilines is 2. The maximum absolute atomic E-state index is 12.1. The second-order valence-electron chi connectivity index (χ2n) is 5.49. The molecule has 126 valence electrons. The molecule has 2 atom stereocenters. The molecule has 1 aliphatic rings. The van der Waals surface area contributed by atoms with Gasteiger partial charge in [0.2, 0.25) is 5.91 Å². The summed E-state index contributed by atoms with van der Waals surface area (Å²) in [5.41, 5.74) is 2.02. The molecule has 3 N–H and O–H groups in total. The van der Waals surface area contributed by atoms with Gasteiger partial charge in [0.1, 0.15) is 0 Å². The SMILES string of the molecule is CCC(Br)C(=O)Nc1ccc(C(=O)O)c(C)c1NCC1CCO1. The molecule has 7 heteroatoms. The van der Waals surface area contributed by atoms with Crippen molar-refractivity contribution in [3.8, 4) is 0 Å². The van der Waals surface area contributed by atoms with Crippen LogP contribution >= 0.6 is 15.9 Å². The highest BCUT2D eigenvalue weighted by atomic mass is 79.9. The summed E-state index contributed by atoms with van der Waals surface area (Å²) in [4.78, 5) is 23.1. The smallest absolute Gasteiger partial charge is 0.336 e. The zero-order chi connectivity index (χ0) is 17.0. The molecule has 23 heavy (non-hydrogen) atoms. The van der Waals surface area contributed by atoms with Gasteiger partial charge in [-0.3, -0.25) is 4.79 Å². The number of aromatic carboxylic acids is 1. The van der Waals surface area contributed by atoms with Crippen molar-refractivity contribution in [2.45, 2.75) is 37.6 Å². The van der Waals surface area contributed by atoms with Crippen LogP contribution in [0.4, 0.5) is 11.4 Å². The Morgan fingerprint density at radius 3 is 2.70 bits per heavy atom. The van der Waals surface area contributed by atoms with E-state index in [2.05, 4.69) is 26.6 Å². The second kappa shape index (κ2) is 7.79. The molecular weight excluding hydrogens is 364 g/mol. The lowest BCUT2D eigenvalue weighted by Crippen LogP contribution is -2.34. The van der Waals surface area contributed by atoms with Gasteiger partial charge in [0.15, 0.2) is 0 Å². The number of carboxylic acid groups (broad SMARTS) is 1. The molecule has 0 radical (unpaired) electrons. The Balaban J connectivity index is 2.25. The molecule has 0 bridgehead atoms. The fraction of sp³-hybridized carbons (Fsp3) is 0.500. The number of hydrogen-bond donors (Lipinski definition) is 3. The molecule has 6 nitrogen and oxygen atoms in total. The van der Waals surface area contributed by atoms with Crippen LogP contribution in [0.5, 0.6) is 0 Å². The molecule has 0 spiro atoms. The van der Waals surface area contributed by atoms with E-state index in [4.69, 9.17) is 4.74 Å². The molecule has 1 aliphatic heterocycles. The van der Waals surface area contributed by atoms with Gasteiger partial charge in [-0.1, -0.05) is 22.9 Å². The zero-order valence-corrected chi connectivity index (χ0v) is 14.8. The average molecular weight is 385 g/mol. The number of nitrogens with one attached hydrogen (secondary N) is 2. The first-order valence-corrected chi connectivity index (χ1v) is 8.52. The van der Waals surface area contributed by atoms with Crippen molar-refractivity contribution in [3.05, 3.63) is 23.3 Å². The van der Waals surface area contributed by atoms with E-state index in [9.17, 15) is 14.7 Å². The van der Waals surface area contributed by atoms with Crippen LogP contribution in [0.1, 0.15) is 35.7 Å². The first kappa shape index (κ1) is 17.7. The van der Waals surface area contributed by atoms with E-state index in [-0.39, 0.29) is 22.4 Å². The minimum Gasteiger partial charge on any atom is -0.478 e. The van der Waals surface area contributed by atoms with Crippen LogP contribution in [0.25, 0.3) is 0 Å². The minimum absolute atomic E-state index is 0.131. The van der Waals surface area contributed by atoms with E-state index in [1.54, 1.807) is 13.0 Å². The predicted octanol–water partition coefficient (Wildman–Crippen LogP) is 3.01. The number of carbonyl (C=O) groups excluding carboxylic acids is 1. The van der Waals surface area contributed by atoms with Crippen LogP contribution in [0, 0.1) is 6.92 Å². The number of hydrogen-bond acceptors (Lipinski definition) is 4. The Labute approximate surface area is 143 Å². The first-order valence-electron chi connectivity index (χ1n) is 7.61. The molecule has 1 amide bonds. The Bertz CT molecular complexity index is 602. The normalized spacial score (nSPS) is 18.0. The lowest BCUT2D eigenvalue weighted by molar-refractivity contribution is -0.115. The zero-order valence-electron chi connectivity index (χ0n) is 13.2. The summed E-state index contributed by atoms with van der Waals surface area (Å²) in [6, 6.07) is 3.13. The Morgan fingerprint density at radius 2 is 2.17 bits per heavy atom. The average Bonchev–Trinajstić information content (AvgIpc) is 2.46. The van der Waals surface area contributed by atoms with Crippen molar-refractivity contribution in [1.82, 2.24) is 0 Å². The lowest BCUT2D eigenvalue weighted by Gasteiger charge is -2.28. The van der Waals surface area contributed by atoms with Gasteiger partial charge in [-0.15, -0.1) is 0 Å². The lowest BCUT2D eigenvalue weighted by atomic mass is 10.0. The third kappa shape index (κ3) is 4.23. The molecule has 1 saturated heterocycles. The van der Waals surface area contributed by atoms with Crippen LogP contribution in [0.15, 0.2) is 12.1 Å². The third-order valence-electron chi connectivity index (χ3n) is 3.90. The van der Waals surface area contributed by atoms with Crippen molar-refractivity contribution in [3.63, 3.8) is 0 Å². The van der Waals surface area contributed by atoms with Gasteiger partial charge in [0.25, 0.3) is 0 Å². The summed E-state index contributed by atoms with van der Waals surface area (Å²) >= 11 is 3.32. The molecule has 2 unspecified atom stereocenters. The van der Waals surface area contributed by atoms with E-state index in [1.165, 1.54) is 6.07 Å². The monoisotopic (exact) mass is 384 g/mol. The quantitative estimate of drug-likeness (QED) is 0.628. The van der Waals surface area contributed by atoms with Gasteiger partial charge >= 0.3 is 5.97 Å². The van der Waals surface area contributed by atoms with Crippen molar-refractivity contribution >= 4 is 39.2 Å². The van der Waals surface area contributed by atoms with Crippen LogP contribution < -0.4 is 10.6 Å². The number of benzene rings is 1. The molecule has 1 heterocycles. The van der Waals surface area contributed by atoms with Gasteiger partial charge in [-0.05, 0) is 37.5 Å². The fourth-order valence-corrected chi connectivity index (χ4v) is 2.45. The maximum atomic E-state index is 12.1.